The van der Waals surface area contributed by atoms with Crippen LogP contribution in [0.15, 0.2) is 24.3 Å². The van der Waals surface area contributed by atoms with Gasteiger partial charge in [0.25, 0.3) is 0 Å². The monoisotopic (exact) mass is 626 g/mol. The second-order valence-corrected chi connectivity index (χ2v) is 12.3. The van der Waals surface area contributed by atoms with Gasteiger partial charge < -0.3 is 59.1 Å². The molecule has 13 heteroatoms. The van der Waals surface area contributed by atoms with Crippen molar-refractivity contribution in [1.82, 2.24) is 0 Å². The van der Waals surface area contributed by atoms with Gasteiger partial charge in [0.1, 0.15) is 42.7 Å². The second-order valence-electron chi connectivity index (χ2n) is 12.3. The summed E-state index contributed by atoms with van der Waals surface area (Å²) in [5.74, 6) is -1.20. The molecule has 248 valence electrons. The molecule has 3 fully saturated rings. The van der Waals surface area contributed by atoms with E-state index >= 15 is 0 Å². The molecule has 3 heterocycles. The molecule has 2 saturated heterocycles. The number of carbonyl (C=O) groups is 1. The Morgan fingerprint density at radius 1 is 0.909 bits per heavy atom. The first-order valence-corrected chi connectivity index (χ1v) is 15.6. The maximum atomic E-state index is 12.3. The van der Waals surface area contributed by atoms with E-state index in [9.17, 15) is 35.4 Å². The fraction of sp³-hybridized carbons (Fsp3) is 0.774. The molecule has 6 N–H and O–H groups in total. The molecule has 0 amide bonds. The lowest BCUT2D eigenvalue weighted by atomic mass is 9.82. The number of hydrogen-bond acceptors (Lipinski definition) is 12. The maximum Gasteiger partial charge on any atom is 0.333 e. The van der Waals surface area contributed by atoms with Gasteiger partial charge >= 0.3 is 5.97 Å². The van der Waals surface area contributed by atoms with E-state index in [1.165, 1.54) is 0 Å². The molecule has 3 aliphatic heterocycles. The summed E-state index contributed by atoms with van der Waals surface area (Å²) in [7, 11) is 0. The van der Waals surface area contributed by atoms with Gasteiger partial charge in [0, 0.05) is 6.42 Å². The van der Waals surface area contributed by atoms with Crippen molar-refractivity contribution in [2.24, 2.45) is 5.92 Å². The molecule has 0 bridgehead atoms. The van der Waals surface area contributed by atoms with Gasteiger partial charge in [-0.15, -0.1) is 0 Å². The Labute approximate surface area is 256 Å². The van der Waals surface area contributed by atoms with Crippen LogP contribution < -0.4 is 0 Å². The highest BCUT2D eigenvalue weighted by Gasteiger charge is 2.52. The summed E-state index contributed by atoms with van der Waals surface area (Å²) in [6.07, 6.45) is -11.2. The third-order valence-electron chi connectivity index (χ3n) is 9.43. The Morgan fingerprint density at radius 2 is 1.66 bits per heavy atom. The Bertz CT molecular complexity index is 1090. The molecule has 0 spiro atoms. The van der Waals surface area contributed by atoms with Crippen LogP contribution in [0.3, 0.4) is 0 Å². The van der Waals surface area contributed by atoms with E-state index in [2.05, 4.69) is 0 Å². The fourth-order valence-electron chi connectivity index (χ4n) is 6.82. The molecule has 14 atom stereocenters. The lowest BCUT2D eigenvalue weighted by Gasteiger charge is -2.48. The molecule has 1 aliphatic carbocycles. The molecule has 5 rings (SSSR count). The zero-order valence-electron chi connectivity index (χ0n) is 25.1. The van der Waals surface area contributed by atoms with E-state index in [1.807, 2.05) is 31.2 Å². The quantitative estimate of drug-likeness (QED) is 0.235. The summed E-state index contributed by atoms with van der Waals surface area (Å²) in [6.45, 7) is 3.23. The molecular weight excluding hydrogens is 580 g/mol. The number of carboxylic acids is 1. The van der Waals surface area contributed by atoms with Crippen molar-refractivity contribution in [3.8, 4) is 0 Å². The van der Waals surface area contributed by atoms with Crippen LogP contribution in [0.5, 0.6) is 0 Å². The molecule has 1 saturated carbocycles. The predicted molar refractivity (Wildman–Crippen MR) is 151 cm³/mol. The highest BCUT2D eigenvalue weighted by molar-refractivity contribution is 5.73. The minimum Gasteiger partial charge on any atom is -0.479 e. The average Bonchev–Trinajstić information content (AvgIpc) is 3.02. The van der Waals surface area contributed by atoms with E-state index in [1.54, 1.807) is 6.92 Å². The van der Waals surface area contributed by atoms with Gasteiger partial charge in [-0.3, -0.25) is 0 Å². The van der Waals surface area contributed by atoms with Crippen molar-refractivity contribution in [3.63, 3.8) is 0 Å². The molecule has 13 nitrogen and oxygen atoms in total. The largest absolute Gasteiger partial charge is 0.479 e. The van der Waals surface area contributed by atoms with Crippen molar-refractivity contribution in [3.05, 3.63) is 35.4 Å². The summed E-state index contributed by atoms with van der Waals surface area (Å²) in [5.41, 5.74) is 1.73. The standard InChI is InChI=1S/C31H46O13/c1-3-16-9-6-10-19(26(16)44-30-25(36)24(35)22(33)15(2)40-30)42-31-28-27(23(34)21(14-32)43-31)41-20(29(37)38)13-18-8-5-4-7-17(18)11-12-39-28/h4-5,7-8,15-16,19-28,30-36H,3,6,9-14H2,1-2H3,(H,37,38)/t15?,16-,19-,20-,21?,22-,23+,24?,25+,26?,27?,28?,30+,31-/m1/s1. The highest BCUT2D eigenvalue weighted by atomic mass is 16.7. The first-order valence-electron chi connectivity index (χ1n) is 15.6. The summed E-state index contributed by atoms with van der Waals surface area (Å²) in [4.78, 5) is 12.3. The van der Waals surface area contributed by atoms with E-state index in [4.69, 9.17) is 28.4 Å². The molecule has 4 aliphatic rings. The molecule has 6 unspecified atom stereocenters. The number of carboxylic acid groups (broad SMARTS) is 1. The van der Waals surface area contributed by atoms with Gasteiger partial charge in [-0.2, -0.15) is 0 Å². The number of ether oxygens (including phenoxy) is 6. The van der Waals surface area contributed by atoms with Crippen LogP contribution in [0.4, 0.5) is 0 Å². The van der Waals surface area contributed by atoms with Gasteiger partial charge in [0.2, 0.25) is 0 Å². The fourth-order valence-corrected chi connectivity index (χ4v) is 6.82. The van der Waals surface area contributed by atoms with E-state index in [0.717, 1.165) is 30.4 Å². The van der Waals surface area contributed by atoms with E-state index in [-0.39, 0.29) is 18.9 Å². The van der Waals surface area contributed by atoms with Crippen LogP contribution in [0.1, 0.15) is 50.7 Å². The Hall–Kier alpha value is -1.75. The van der Waals surface area contributed by atoms with Crippen LogP contribution in [0, 0.1) is 5.92 Å². The molecule has 1 aromatic rings. The van der Waals surface area contributed by atoms with Crippen molar-refractivity contribution in [2.45, 2.75) is 132 Å². The smallest absolute Gasteiger partial charge is 0.333 e. The van der Waals surface area contributed by atoms with Crippen molar-refractivity contribution in [1.29, 1.82) is 0 Å². The maximum absolute atomic E-state index is 12.3. The Kier molecular flexibility index (Phi) is 11.3. The number of aliphatic carboxylic acids is 1. The molecule has 0 radical (unpaired) electrons. The van der Waals surface area contributed by atoms with Gasteiger partial charge in [0.05, 0.1) is 31.5 Å². The van der Waals surface area contributed by atoms with Crippen LogP contribution >= 0.6 is 0 Å². The SMILES string of the molecule is CC[C@@H]1CCC[C@@H](O[C@@H]2OC(CO)[C@H](O)C3O[C@@H](C(=O)O)Cc4ccccc4CCOC32)C1O[C@@H]1OC(C)[C@@H](O)C(O)[C@@H]1O. The van der Waals surface area contributed by atoms with Gasteiger partial charge in [-0.25, -0.2) is 4.79 Å². The third-order valence-corrected chi connectivity index (χ3v) is 9.43. The number of aliphatic hydroxyl groups excluding tert-OH is 5. The van der Waals surface area contributed by atoms with Crippen molar-refractivity contribution < 1.29 is 63.9 Å². The molecule has 0 aromatic heterocycles. The van der Waals surface area contributed by atoms with Crippen molar-refractivity contribution in [2.75, 3.05) is 13.2 Å². The van der Waals surface area contributed by atoms with Crippen LogP contribution in [-0.4, -0.2) is 130 Å². The third kappa shape index (κ3) is 7.13. The summed E-state index contributed by atoms with van der Waals surface area (Å²) in [6, 6.07) is 7.45. The first kappa shape index (κ1) is 33.6. The summed E-state index contributed by atoms with van der Waals surface area (Å²) < 4.78 is 36.9. The van der Waals surface area contributed by atoms with Crippen LogP contribution in [0.2, 0.25) is 0 Å². The highest BCUT2D eigenvalue weighted by Crippen LogP contribution is 2.37. The number of fused-ring (bicyclic) bond motifs is 2. The van der Waals surface area contributed by atoms with Gasteiger partial charge in [0.15, 0.2) is 18.7 Å². The zero-order valence-corrected chi connectivity index (χ0v) is 25.1. The minimum absolute atomic E-state index is 0.00317. The summed E-state index contributed by atoms with van der Waals surface area (Å²) >= 11 is 0. The lowest BCUT2D eigenvalue weighted by molar-refractivity contribution is -0.353. The van der Waals surface area contributed by atoms with E-state index < -0.39 is 92.3 Å². The Morgan fingerprint density at radius 3 is 2.36 bits per heavy atom. The topological polar surface area (TPSA) is 194 Å². The Balaban J connectivity index is 1.41. The molecule has 44 heavy (non-hydrogen) atoms. The van der Waals surface area contributed by atoms with Crippen LogP contribution in [-0.2, 0) is 46.1 Å². The van der Waals surface area contributed by atoms with Gasteiger partial charge in [-0.05, 0) is 43.2 Å². The zero-order chi connectivity index (χ0) is 31.5. The molecule has 1 aromatic carbocycles. The number of aliphatic hydroxyl groups is 5. The minimum atomic E-state index is -1.49. The van der Waals surface area contributed by atoms with Gasteiger partial charge in [-0.1, -0.05) is 44.0 Å². The first-order chi connectivity index (χ1) is 21.1. The second kappa shape index (κ2) is 14.8. The number of rotatable bonds is 7. The van der Waals surface area contributed by atoms with Crippen molar-refractivity contribution >= 4 is 5.97 Å². The number of hydrogen-bond donors (Lipinski definition) is 6. The normalized spacial score (nSPS) is 43.4. The van der Waals surface area contributed by atoms with E-state index in [0.29, 0.717) is 12.8 Å². The lowest BCUT2D eigenvalue weighted by Crippen LogP contribution is -2.63. The van der Waals surface area contributed by atoms with Crippen LogP contribution in [0.25, 0.3) is 0 Å². The summed E-state index contributed by atoms with van der Waals surface area (Å²) in [5, 5.41) is 62.5. The predicted octanol–water partition coefficient (Wildman–Crippen LogP) is -0.105. The average molecular weight is 627 g/mol. The molecular formula is C31H46O13. The number of benzene rings is 1.